The van der Waals surface area contributed by atoms with Gasteiger partial charge in [-0.25, -0.2) is 0 Å². The number of hydrogen-bond acceptors (Lipinski definition) is 2. The topological polar surface area (TPSA) is 60.3 Å². The molecule has 0 unspecified atom stereocenters. The van der Waals surface area contributed by atoms with E-state index < -0.39 is 11.9 Å². The number of carbonyl (C=O) groups is 2. The van der Waals surface area contributed by atoms with Gasteiger partial charge in [0.1, 0.15) is 0 Å². The van der Waals surface area contributed by atoms with Crippen LogP contribution in [0.5, 0.6) is 0 Å². The maximum atomic E-state index is 10.7. The van der Waals surface area contributed by atoms with E-state index in [-0.39, 0.29) is 57.1 Å². The van der Waals surface area contributed by atoms with Crippen molar-refractivity contribution in [1.82, 2.24) is 5.32 Å². The molecule has 1 aliphatic rings. The van der Waals surface area contributed by atoms with E-state index in [1.54, 1.807) is 12.2 Å². The minimum Gasteiger partial charge on any atom is -0.421 e. The summed E-state index contributed by atoms with van der Waals surface area (Å²) in [6.45, 7) is 1.81. The first kappa shape index (κ1) is 12.1. The van der Waals surface area contributed by atoms with Crippen molar-refractivity contribution in [2.24, 2.45) is 0 Å². The summed E-state index contributed by atoms with van der Waals surface area (Å²) in [7, 11) is 0. The summed E-state index contributed by atoms with van der Waals surface area (Å²) in [6, 6.07) is -0.592. The molecule has 1 heterocycles. The number of imide groups is 1. The molecule has 1 fully saturated rings. The quantitative estimate of drug-likeness (QED) is 0.297. The fourth-order valence-corrected chi connectivity index (χ4v) is 0.654. The van der Waals surface area contributed by atoms with Crippen LogP contribution in [0.1, 0.15) is 6.92 Å². The number of amides is 3. The second kappa shape index (κ2) is 5.66. The third-order valence-corrected chi connectivity index (χ3v) is 1.13. The predicted octanol–water partition coefficient (Wildman–Crippen LogP) is -1.93. The molecule has 5 heteroatoms. The summed E-state index contributed by atoms with van der Waals surface area (Å²) in [5, 5.41) is 5.43. The SMILES string of the molecule is C/C=C/C=C1/NC(=O)[N-]C1=O.[K+]. The standard InChI is InChI=1S/C7H8N2O2.K/c1-2-3-4-5-6(10)9-7(11)8-5;/h2-4H,1H3,(H2,8,9,10,11);/q;+1/p-1/b3-2+,5-4+;. The molecule has 0 spiro atoms. The molecular formula is C7H7KN2O2. The van der Waals surface area contributed by atoms with Crippen molar-refractivity contribution in [3.05, 3.63) is 29.2 Å². The summed E-state index contributed by atoms with van der Waals surface area (Å²) in [6.07, 6.45) is 4.93. The number of rotatable bonds is 1. The molecular weight excluding hydrogens is 183 g/mol. The second-order valence-corrected chi connectivity index (χ2v) is 1.95. The molecule has 1 saturated heterocycles. The largest absolute Gasteiger partial charge is 1.00 e. The van der Waals surface area contributed by atoms with Gasteiger partial charge >= 0.3 is 51.4 Å². The third-order valence-electron chi connectivity index (χ3n) is 1.13. The van der Waals surface area contributed by atoms with Gasteiger partial charge in [-0.2, -0.15) is 0 Å². The number of carbonyl (C=O) groups excluding carboxylic acids is 2. The van der Waals surface area contributed by atoms with E-state index in [4.69, 9.17) is 0 Å². The van der Waals surface area contributed by atoms with E-state index in [2.05, 4.69) is 10.6 Å². The van der Waals surface area contributed by atoms with E-state index >= 15 is 0 Å². The minimum absolute atomic E-state index is 0. The Labute approximate surface area is 113 Å². The fourth-order valence-electron chi connectivity index (χ4n) is 0.654. The molecule has 58 valence electrons. The Morgan fingerprint density at radius 1 is 1.42 bits per heavy atom. The number of nitrogens with zero attached hydrogens (tertiary/aromatic N) is 1. The van der Waals surface area contributed by atoms with Crippen LogP contribution in [0.3, 0.4) is 0 Å². The van der Waals surface area contributed by atoms with Crippen LogP contribution in [-0.2, 0) is 4.79 Å². The monoisotopic (exact) mass is 190 g/mol. The number of hydrogen-bond donors (Lipinski definition) is 1. The zero-order chi connectivity index (χ0) is 8.27. The van der Waals surface area contributed by atoms with Gasteiger partial charge in [-0.1, -0.05) is 18.2 Å². The summed E-state index contributed by atoms with van der Waals surface area (Å²) in [4.78, 5) is 21.2. The van der Waals surface area contributed by atoms with Crippen LogP contribution in [0.15, 0.2) is 23.9 Å². The molecule has 12 heavy (non-hydrogen) atoms. The Balaban J connectivity index is 0.00000121. The van der Waals surface area contributed by atoms with Gasteiger partial charge in [-0.3, -0.25) is 9.59 Å². The molecule has 0 aromatic rings. The Morgan fingerprint density at radius 2 is 2.08 bits per heavy atom. The molecule has 0 aromatic heterocycles. The zero-order valence-corrected chi connectivity index (χ0v) is 10.1. The summed E-state index contributed by atoms with van der Waals surface area (Å²) in [5.41, 5.74) is 0.230. The Bertz CT molecular complexity index is 258. The molecule has 0 aromatic carbocycles. The molecule has 0 atom stereocenters. The van der Waals surface area contributed by atoms with Crippen LogP contribution in [0, 0.1) is 0 Å². The molecule has 1 rings (SSSR count). The maximum absolute atomic E-state index is 10.7. The van der Waals surface area contributed by atoms with Gasteiger partial charge in [0.15, 0.2) is 11.9 Å². The molecule has 0 bridgehead atoms. The van der Waals surface area contributed by atoms with Crippen LogP contribution in [-0.4, -0.2) is 11.9 Å². The van der Waals surface area contributed by atoms with Gasteiger partial charge in [0.2, 0.25) is 0 Å². The number of urea groups is 1. The van der Waals surface area contributed by atoms with Crippen molar-refractivity contribution in [2.75, 3.05) is 0 Å². The zero-order valence-electron chi connectivity index (χ0n) is 7.00. The van der Waals surface area contributed by atoms with Crippen molar-refractivity contribution < 1.29 is 61.0 Å². The summed E-state index contributed by atoms with van der Waals surface area (Å²) < 4.78 is 0. The van der Waals surface area contributed by atoms with Crippen molar-refractivity contribution in [3.8, 4) is 0 Å². The number of allylic oxidation sites excluding steroid dienone is 3. The summed E-state index contributed by atoms with van der Waals surface area (Å²) in [5.74, 6) is -0.506. The van der Waals surface area contributed by atoms with E-state index in [0.29, 0.717) is 0 Å². The maximum Gasteiger partial charge on any atom is 1.00 e. The van der Waals surface area contributed by atoms with Crippen molar-refractivity contribution >= 4 is 11.9 Å². The smallest absolute Gasteiger partial charge is 0.421 e. The average Bonchev–Trinajstić information content (AvgIpc) is 2.26. The molecule has 0 radical (unpaired) electrons. The van der Waals surface area contributed by atoms with Crippen molar-refractivity contribution in [1.29, 1.82) is 0 Å². The van der Waals surface area contributed by atoms with Crippen LogP contribution in [0.2, 0.25) is 0 Å². The predicted molar refractivity (Wildman–Crippen MR) is 39.8 cm³/mol. The van der Waals surface area contributed by atoms with Crippen LogP contribution >= 0.6 is 0 Å². The Hall–Kier alpha value is 0.0564. The van der Waals surface area contributed by atoms with Gasteiger partial charge in [-0.15, -0.1) is 0 Å². The van der Waals surface area contributed by atoms with Crippen LogP contribution < -0.4 is 56.7 Å². The van der Waals surface area contributed by atoms with E-state index in [9.17, 15) is 9.59 Å². The third kappa shape index (κ3) is 3.20. The molecule has 3 amide bonds. The molecule has 4 nitrogen and oxygen atoms in total. The fraction of sp³-hybridized carbons (Fsp3) is 0.143. The van der Waals surface area contributed by atoms with E-state index in [1.165, 1.54) is 6.08 Å². The first-order chi connectivity index (χ1) is 5.24. The van der Waals surface area contributed by atoms with Gasteiger partial charge in [0.25, 0.3) is 0 Å². The van der Waals surface area contributed by atoms with Crippen molar-refractivity contribution in [2.45, 2.75) is 6.92 Å². The number of nitrogens with one attached hydrogen (secondary N) is 1. The first-order valence-corrected chi connectivity index (χ1v) is 3.14. The summed E-state index contributed by atoms with van der Waals surface area (Å²) >= 11 is 0. The molecule has 0 aliphatic carbocycles. The normalized spacial score (nSPS) is 19.2. The first-order valence-electron chi connectivity index (χ1n) is 3.14. The Kier molecular flexibility index (Phi) is 5.69. The van der Waals surface area contributed by atoms with E-state index in [0.717, 1.165) is 0 Å². The molecule has 1 aliphatic heterocycles. The van der Waals surface area contributed by atoms with Crippen molar-refractivity contribution in [3.63, 3.8) is 0 Å². The average molecular weight is 190 g/mol. The minimum atomic E-state index is -0.592. The van der Waals surface area contributed by atoms with Gasteiger partial charge in [-0.05, 0) is 6.92 Å². The van der Waals surface area contributed by atoms with E-state index in [1.807, 2.05) is 6.92 Å². The van der Waals surface area contributed by atoms with Gasteiger partial charge in [0, 0.05) is 5.70 Å². The molecule has 0 saturated carbocycles. The van der Waals surface area contributed by atoms with Crippen LogP contribution in [0.4, 0.5) is 4.79 Å². The molecule has 1 N–H and O–H groups in total. The van der Waals surface area contributed by atoms with Gasteiger partial charge in [0.05, 0.1) is 0 Å². The second-order valence-electron chi connectivity index (χ2n) is 1.95. The Morgan fingerprint density at radius 3 is 2.50 bits per heavy atom. The van der Waals surface area contributed by atoms with Crippen LogP contribution in [0.25, 0.3) is 5.32 Å². The van der Waals surface area contributed by atoms with Gasteiger partial charge < -0.3 is 10.6 Å².